The molecule has 17 heavy (non-hydrogen) atoms. The summed E-state index contributed by atoms with van der Waals surface area (Å²) in [5.41, 5.74) is 0.465. The Balaban J connectivity index is 1.87. The molecular formula is C13H15BrN2S. The van der Waals surface area contributed by atoms with Gasteiger partial charge >= 0.3 is 0 Å². The van der Waals surface area contributed by atoms with Gasteiger partial charge in [-0.15, -0.1) is 11.3 Å². The Morgan fingerprint density at radius 1 is 1.47 bits per heavy atom. The van der Waals surface area contributed by atoms with Gasteiger partial charge < -0.3 is 4.57 Å². The molecule has 2 aromatic heterocycles. The quantitative estimate of drug-likeness (QED) is 0.775. The van der Waals surface area contributed by atoms with Gasteiger partial charge in [0.05, 0.1) is 4.88 Å². The lowest BCUT2D eigenvalue weighted by atomic mass is 9.70. The summed E-state index contributed by atoms with van der Waals surface area (Å²) < 4.78 is 2.31. The number of alkyl halides is 1. The van der Waals surface area contributed by atoms with Gasteiger partial charge in [-0.05, 0) is 29.7 Å². The third-order valence-corrected chi connectivity index (χ3v) is 5.72. The van der Waals surface area contributed by atoms with Crippen LogP contribution in [0.25, 0.3) is 10.7 Å². The molecule has 0 saturated heterocycles. The molecule has 1 aliphatic carbocycles. The van der Waals surface area contributed by atoms with Crippen molar-refractivity contribution in [2.45, 2.75) is 25.8 Å². The topological polar surface area (TPSA) is 17.8 Å². The fourth-order valence-corrected chi connectivity index (χ4v) is 3.91. The second-order valence-corrected chi connectivity index (χ2v) is 6.35. The average Bonchev–Trinajstić information content (AvgIpc) is 2.93. The lowest BCUT2D eigenvalue weighted by molar-refractivity contribution is 0.141. The molecule has 2 aromatic rings. The van der Waals surface area contributed by atoms with E-state index < -0.39 is 0 Å². The summed E-state index contributed by atoms with van der Waals surface area (Å²) in [4.78, 5) is 5.76. The van der Waals surface area contributed by atoms with Gasteiger partial charge in [0.25, 0.3) is 0 Å². The first-order valence-corrected chi connectivity index (χ1v) is 7.94. The first-order chi connectivity index (χ1) is 8.33. The molecule has 0 radical (unpaired) electrons. The van der Waals surface area contributed by atoms with Crippen LogP contribution in [0.5, 0.6) is 0 Å². The smallest absolute Gasteiger partial charge is 0.150 e. The predicted molar refractivity (Wildman–Crippen MR) is 75.6 cm³/mol. The molecule has 1 fully saturated rings. The molecule has 2 heterocycles. The van der Waals surface area contributed by atoms with E-state index in [9.17, 15) is 0 Å². The molecule has 1 saturated carbocycles. The van der Waals surface area contributed by atoms with E-state index in [1.165, 1.54) is 24.1 Å². The molecule has 1 aliphatic rings. The van der Waals surface area contributed by atoms with E-state index in [0.717, 1.165) is 17.7 Å². The first-order valence-electron chi connectivity index (χ1n) is 5.94. The summed E-state index contributed by atoms with van der Waals surface area (Å²) in [5.74, 6) is 1.12. The van der Waals surface area contributed by atoms with E-state index in [4.69, 9.17) is 0 Å². The second-order valence-electron chi connectivity index (χ2n) is 4.84. The fourth-order valence-electron chi connectivity index (χ4n) is 2.44. The summed E-state index contributed by atoms with van der Waals surface area (Å²) in [6, 6.07) is 4.23. The van der Waals surface area contributed by atoms with Crippen molar-refractivity contribution in [2.24, 2.45) is 5.41 Å². The highest BCUT2D eigenvalue weighted by atomic mass is 79.9. The molecule has 0 spiro atoms. The normalized spacial score (nSPS) is 17.9. The molecule has 0 amide bonds. The van der Waals surface area contributed by atoms with Crippen LogP contribution >= 0.6 is 27.3 Å². The lowest BCUT2D eigenvalue weighted by Crippen LogP contribution is -2.35. The van der Waals surface area contributed by atoms with Crippen molar-refractivity contribution < 1.29 is 0 Å². The fraction of sp³-hybridized carbons (Fsp3) is 0.462. The Bertz CT molecular complexity index is 480. The van der Waals surface area contributed by atoms with Crippen LogP contribution < -0.4 is 0 Å². The summed E-state index contributed by atoms with van der Waals surface area (Å²) >= 11 is 5.43. The number of nitrogens with zero attached hydrogens (tertiary/aromatic N) is 2. The maximum atomic E-state index is 4.49. The minimum atomic E-state index is 0.465. The number of halogens is 1. The predicted octanol–water partition coefficient (Wildman–Crippen LogP) is 4.18. The highest BCUT2D eigenvalue weighted by molar-refractivity contribution is 9.09. The van der Waals surface area contributed by atoms with Gasteiger partial charge in [-0.1, -0.05) is 28.4 Å². The number of hydrogen-bond donors (Lipinski definition) is 0. The van der Waals surface area contributed by atoms with Gasteiger partial charge in [-0.3, -0.25) is 0 Å². The zero-order valence-electron chi connectivity index (χ0n) is 9.60. The first kappa shape index (κ1) is 11.5. The molecule has 0 aromatic carbocycles. The number of imidazole rings is 1. The van der Waals surface area contributed by atoms with E-state index in [0.29, 0.717) is 5.41 Å². The molecule has 0 atom stereocenters. The van der Waals surface area contributed by atoms with Crippen LogP contribution in [0.15, 0.2) is 29.9 Å². The minimum absolute atomic E-state index is 0.465. The van der Waals surface area contributed by atoms with Crippen molar-refractivity contribution in [1.82, 2.24) is 9.55 Å². The van der Waals surface area contributed by atoms with Gasteiger partial charge in [-0.2, -0.15) is 0 Å². The third-order valence-electron chi connectivity index (χ3n) is 3.66. The van der Waals surface area contributed by atoms with Gasteiger partial charge in [0, 0.05) is 24.3 Å². The number of thiophene rings is 1. The number of aromatic nitrogens is 2. The van der Waals surface area contributed by atoms with Crippen LogP contribution in [0, 0.1) is 5.41 Å². The SMILES string of the molecule is BrCC1(Cn2ccnc2-c2cccs2)CCC1. The van der Waals surface area contributed by atoms with Crippen molar-refractivity contribution in [3.8, 4) is 10.7 Å². The zero-order valence-corrected chi connectivity index (χ0v) is 12.0. The van der Waals surface area contributed by atoms with Crippen molar-refractivity contribution in [2.75, 3.05) is 5.33 Å². The number of rotatable bonds is 4. The Morgan fingerprint density at radius 3 is 2.94 bits per heavy atom. The van der Waals surface area contributed by atoms with E-state index in [-0.39, 0.29) is 0 Å². The zero-order chi connectivity index (χ0) is 11.7. The van der Waals surface area contributed by atoms with Crippen LogP contribution in [-0.2, 0) is 6.54 Å². The van der Waals surface area contributed by atoms with E-state index in [1.54, 1.807) is 11.3 Å². The maximum absolute atomic E-state index is 4.49. The summed E-state index contributed by atoms with van der Waals surface area (Å²) in [5, 5.41) is 3.21. The van der Waals surface area contributed by atoms with Crippen molar-refractivity contribution in [3.05, 3.63) is 29.9 Å². The van der Waals surface area contributed by atoms with Crippen molar-refractivity contribution >= 4 is 27.3 Å². The molecule has 4 heteroatoms. The van der Waals surface area contributed by atoms with Gasteiger partial charge in [-0.25, -0.2) is 4.98 Å². The lowest BCUT2D eigenvalue weighted by Gasteiger charge is -2.41. The van der Waals surface area contributed by atoms with E-state index in [2.05, 4.69) is 49.2 Å². The summed E-state index contributed by atoms with van der Waals surface area (Å²) in [6.45, 7) is 1.09. The largest absolute Gasteiger partial charge is 0.330 e. The number of hydrogen-bond acceptors (Lipinski definition) is 2. The standard InChI is InChI=1S/C13H15BrN2S/c14-9-13(4-2-5-13)10-16-7-6-15-12(16)11-3-1-8-17-11/h1,3,6-8H,2,4-5,9-10H2. The Morgan fingerprint density at radius 2 is 2.35 bits per heavy atom. The molecule has 90 valence electrons. The summed E-state index contributed by atoms with van der Waals surface area (Å²) in [7, 11) is 0. The van der Waals surface area contributed by atoms with E-state index in [1.807, 2.05) is 6.20 Å². The third kappa shape index (κ3) is 2.08. The summed E-state index contributed by atoms with van der Waals surface area (Å²) in [6.07, 6.45) is 8.06. The van der Waals surface area contributed by atoms with Crippen LogP contribution in [0.1, 0.15) is 19.3 Å². The van der Waals surface area contributed by atoms with Gasteiger partial charge in [0.2, 0.25) is 0 Å². The molecular weight excluding hydrogens is 296 g/mol. The molecule has 0 aliphatic heterocycles. The monoisotopic (exact) mass is 310 g/mol. The van der Waals surface area contributed by atoms with Crippen LogP contribution in [0.3, 0.4) is 0 Å². The Labute approximate surface area is 114 Å². The van der Waals surface area contributed by atoms with Crippen molar-refractivity contribution in [1.29, 1.82) is 0 Å². The molecule has 2 nitrogen and oxygen atoms in total. The van der Waals surface area contributed by atoms with Crippen molar-refractivity contribution in [3.63, 3.8) is 0 Å². The Hall–Kier alpha value is -0.610. The average molecular weight is 311 g/mol. The highest BCUT2D eigenvalue weighted by Crippen LogP contribution is 2.44. The van der Waals surface area contributed by atoms with E-state index >= 15 is 0 Å². The minimum Gasteiger partial charge on any atom is -0.330 e. The molecule has 0 unspecified atom stereocenters. The highest BCUT2D eigenvalue weighted by Gasteiger charge is 2.36. The van der Waals surface area contributed by atoms with Crippen LogP contribution in [0.2, 0.25) is 0 Å². The molecule has 3 rings (SSSR count). The Kier molecular flexibility index (Phi) is 3.09. The van der Waals surface area contributed by atoms with Gasteiger partial charge in [0.15, 0.2) is 0 Å². The second kappa shape index (κ2) is 4.58. The van der Waals surface area contributed by atoms with Crippen LogP contribution in [0.4, 0.5) is 0 Å². The molecule has 0 bridgehead atoms. The maximum Gasteiger partial charge on any atom is 0.150 e. The molecule has 0 N–H and O–H groups in total. The van der Waals surface area contributed by atoms with Gasteiger partial charge in [0.1, 0.15) is 5.82 Å². The van der Waals surface area contributed by atoms with Crippen LogP contribution in [-0.4, -0.2) is 14.9 Å².